The van der Waals surface area contributed by atoms with E-state index >= 15 is 0 Å². The molecule has 30 heavy (non-hydrogen) atoms. The molecule has 0 aliphatic carbocycles. The highest BCUT2D eigenvalue weighted by molar-refractivity contribution is 5.80. The summed E-state index contributed by atoms with van der Waals surface area (Å²) in [6, 6.07) is 20.7. The van der Waals surface area contributed by atoms with Gasteiger partial charge in [0.1, 0.15) is 11.9 Å². The summed E-state index contributed by atoms with van der Waals surface area (Å²) in [7, 11) is 1.88. The number of hydrogen-bond donors (Lipinski definition) is 1. The third-order valence-corrected chi connectivity index (χ3v) is 6.09. The van der Waals surface area contributed by atoms with Crippen molar-refractivity contribution in [1.29, 1.82) is 0 Å². The molecule has 1 N–H and O–H groups in total. The Balaban J connectivity index is 1.28. The first-order valence-corrected chi connectivity index (χ1v) is 11.2. The molecule has 5 nitrogen and oxygen atoms in total. The summed E-state index contributed by atoms with van der Waals surface area (Å²) in [4.78, 5) is 6.91. The summed E-state index contributed by atoms with van der Waals surface area (Å²) in [6.45, 7) is 3.65. The predicted octanol–water partition coefficient (Wildman–Crippen LogP) is 4.27. The molecule has 2 saturated heterocycles. The number of likely N-dealkylation sites (tertiary alicyclic amines) is 1. The van der Waals surface area contributed by atoms with Gasteiger partial charge in [0.15, 0.2) is 5.96 Å². The number of piperidine rings is 1. The van der Waals surface area contributed by atoms with Crippen molar-refractivity contribution in [2.75, 3.05) is 33.3 Å². The van der Waals surface area contributed by atoms with E-state index in [2.05, 4.69) is 45.5 Å². The van der Waals surface area contributed by atoms with E-state index in [1.807, 2.05) is 37.4 Å². The topological polar surface area (TPSA) is 46.1 Å². The maximum absolute atomic E-state index is 6.15. The molecule has 4 rings (SSSR count). The minimum absolute atomic E-state index is 0.163. The van der Waals surface area contributed by atoms with Crippen LogP contribution in [0.25, 0.3) is 0 Å². The van der Waals surface area contributed by atoms with E-state index in [-0.39, 0.29) is 12.2 Å². The molecule has 2 aliphatic rings. The van der Waals surface area contributed by atoms with Crippen molar-refractivity contribution in [2.45, 2.75) is 37.9 Å². The Bertz CT molecular complexity index is 789. The first-order valence-electron chi connectivity index (χ1n) is 11.2. The van der Waals surface area contributed by atoms with Gasteiger partial charge in [-0.3, -0.25) is 4.99 Å². The smallest absolute Gasteiger partial charge is 0.193 e. The van der Waals surface area contributed by atoms with E-state index in [1.165, 1.54) is 12.0 Å². The molecule has 5 heteroatoms. The number of nitrogens with one attached hydrogen (secondary N) is 1. The summed E-state index contributed by atoms with van der Waals surface area (Å²) in [5.41, 5.74) is 1.28. The minimum Gasteiger partial charge on any atom is -0.490 e. The van der Waals surface area contributed by atoms with Crippen LogP contribution < -0.4 is 10.1 Å². The summed E-state index contributed by atoms with van der Waals surface area (Å²) in [5.74, 6) is 2.41. The molecule has 2 atom stereocenters. The van der Waals surface area contributed by atoms with Crippen LogP contribution in [0.1, 0.15) is 37.4 Å². The number of rotatable bonds is 5. The van der Waals surface area contributed by atoms with Crippen molar-refractivity contribution in [1.82, 2.24) is 10.2 Å². The van der Waals surface area contributed by atoms with Gasteiger partial charge in [0.2, 0.25) is 0 Å². The molecular weight excluding hydrogens is 374 g/mol. The number of para-hydroxylation sites is 1. The van der Waals surface area contributed by atoms with E-state index in [0.717, 1.165) is 57.2 Å². The SMILES string of the molecule is CN=C(NCC1CCCOC1c1ccccc1)N1CCC(Oc2ccccc2)CC1. The average molecular weight is 408 g/mol. The average Bonchev–Trinajstić information content (AvgIpc) is 2.82. The molecule has 2 heterocycles. The lowest BCUT2D eigenvalue weighted by atomic mass is 9.89. The van der Waals surface area contributed by atoms with Crippen molar-refractivity contribution in [3.05, 3.63) is 66.2 Å². The molecule has 2 aromatic rings. The molecule has 0 saturated carbocycles. The molecular formula is C25H33N3O2. The molecule has 2 unspecified atom stereocenters. The molecule has 2 fully saturated rings. The van der Waals surface area contributed by atoms with Crippen molar-refractivity contribution in [3.8, 4) is 5.75 Å². The molecule has 0 aromatic heterocycles. The van der Waals surface area contributed by atoms with Crippen LogP contribution in [-0.2, 0) is 4.74 Å². The van der Waals surface area contributed by atoms with Crippen LogP contribution in [-0.4, -0.2) is 50.3 Å². The minimum atomic E-state index is 0.163. The summed E-state index contributed by atoms with van der Waals surface area (Å²) in [5, 5.41) is 3.63. The molecule has 2 aromatic carbocycles. The summed E-state index contributed by atoms with van der Waals surface area (Å²) in [6.07, 6.45) is 4.75. The van der Waals surface area contributed by atoms with E-state index in [0.29, 0.717) is 5.92 Å². The van der Waals surface area contributed by atoms with E-state index in [9.17, 15) is 0 Å². The largest absolute Gasteiger partial charge is 0.490 e. The normalized spacial score (nSPS) is 23.2. The first-order chi connectivity index (χ1) is 14.8. The Labute approximate surface area is 180 Å². The number of benzene rings is 2. The van der Waals surface area contributed by atoms with Crippen molar-refractivity contribution >= 4 is 5.96 Å². The zero-order chi connectivity index (χ0) is 20.6. The number of aliphatic imine (C=N–C) groups is 1. The fourth-order valence-corrected chi connectivity index (χ4v) is 4.50. The fourth-order valence-electron chi connectivity index (χ4n) is 4.50. The number of nitrogens with zero attached hydrogens (tertiary/aromatic N) is 2. The predicted molar refractivity (Wildman–Crippen MR) is 121 cm³/mol. The maximum Gasteiger partial charge on any atom is 0.193 e. The summed E-state index contributed by atoms with van der Waals surface area (Å²) < 4.78 is 12.3. The highest BCUT2D eigenvalue weighted by Gasteiger charge is 2.28. The summed E-state index contributed by atoms with van der Waals surface area (Å²) >= 11 is 0. The molecule has 0 radical (unpaired) electrons. The van der Waals surface area contributed by atoms with E-state index in [1.54, 1.807) is 0 Å². The van der Waals surface area contributed by atoms with Crippen molar-refractivity contribution in [3.63, 3.8) is 0 Å². The van der Waals surface area contributed by atoms with E-state index < -0.39 is 0 Å². The van der Waals surface area contributed by atoms with Crippen LogP contribution in [0.2, 0.25) is 0 Å². The highest BCUT2D eigenvalue weighted by Crippen LogP contribution is 2.33. The van der Waals surface area contributed by atoms with Gasteiger partial charge in [-0.25, -0.2) is 0 Å². The van der Waals surface area contributed by atoms with Gasteiger partial charge in [-0.05, 0) is 30.5 Å². The van der Waals surface area contributed by atoms with Gasteiger partial charge < -0.3 is 19.7 Å². The second-order valence-electron chi connectivity index (χ2n) is 8.15. The molecule has 0 bridgehead atoms. The Hall–Kier alpha value is -2.53. The molecule has 0 spiro atoms. The third kappa shape index (κ3) is 5.33. The van der Waals surface area contributed by atoms with Gasteiger partial charge in [-0.1, -0.05) is 48.5 Å². The number of guanidine groups is 1. The fraction of sp³-hybridized carbons (Fsp3) is 0.480. The van der Waals surface area contributed by atoms with Crippen LogP contribution in [0.5, 0.6) is 5.75 Å². The number of ether oxygens (including phenoxy) is 2. The molecule has 2 aliphatic heterocycles. The number of hydrogen-bond acceptors (Lipinski definition) is 3. The van der Waals surface area contributed by atoms with Gasteiger partial charge in [0, 0.05) is 52.0 Å². The second-order valence-corrected chi connectivity index (χ2v) is 8.15. The lowest BCUT2D eigenvalue weighted by Crippen LogP contribution is -2.49. The van der Waals surface area contributed by atoms with Crippen LogP contribution in [0.3, 0.4) is 0 Å². The Morgan fingerprint density at radius 2 is 1.73 bits per heavy atom. The van der Waals surface area contributed by atoms with Crippen LogP contribution in [0.4, 0.5) is 0 Å². The van der Waals surface area contributed by atoms with Crippen LogP contribution in [0, 0.1) is 5.92 Å². The van der Waals surface area contributed by atoms with Gasteiger partial charge in [0.05, 0.1) is 6.10 Å². The Morgan fingerprint density at radius 1 is 1.03 bits per heavy atom. The van der Waals surface area contributed by atoms with Gasteiger partial charge >= 0.3 is 0 Å². The standard InChI is InChI=1S/C25H33N3O2/c1-26-25(28-16-14-23(15-17-28)30-22-12-6-3-7-13-22)27-19-21-11-8-18-29-24(21)20-9-4-2-5-10-20/h2-7,9-10,12-13,21,23-24H,8,11,14-19H2,1H3,(H,26,27). The van der Waals surface area contributed by atoms with Gasteiger partial charge in [0.25, 0.3) is 0 Å². The Kier molecular flexibility index (Phi) is 7.25. The quantitative estimate of drug-likeness (QED) is 0.594. The lowest BCUT2D eigenvalue weighted by Gasteiger charge is -2.36. The van der Waals surface area contributed by atoms with Crippen LogP contribution >= 0.6 is 0 Å². The molecule has 160 valence electrons. The third-order valence-electron chi connectivity index (χ3n) is 6.09. The highest BCUT2D eigenvalue weighted by atomic mass is 16.5. The van der Waals surface area contributed by atoms with Crippen molar-refractivity contribution in [2.24, 2.45) is 10.9 Å². The maximum atomic E-state index is 6.15. The van der Waals surface area contributed by atoms with Crippen LogP contribution in [0.15, 0.2) is 65.7 Å². The Morgan fingerprint density at radius 3 is 2.43 bits per heavy atom. The zero-order valence-electron chi connectivity index (χ0n) is 17.9. The van der Waals surface area contributed by atoms with Gasteiger partial charge in [-0.15, -0.1) is 0 Å². The monoisotopic (exact) mass is 407 g/mol. The second kappa shape index (κ2) is 10.5. The lowest BCUT2D eigenvalue weighted by molar-refractivity contribution is -0.0267. The van der Waals surface area contributed by atoms with E-state index in [4.69, 9.17) is 9.47 Å². The van der Waals surface area contributed by atoms with Gasteiger partial charge in [-0.2, -0.15) is 0 Å². The first kappa shape index (κ1) is 20.7. The molecule has 0 amide bonds. The zero-order valence-corrected chi connectivity index (χ0v) is 17.9. The van der Waals surface area contributed by atoms with Crippen molar-refractivity contribution < 1.29 is 9.47 Å².